The van der Waals surface area contributed by atoms with Crippen molar-refractivity contribution in [3.05, 3.63) is 16.7 Å². The van der Waals surface area contributed by atoms with Crippen LogP contribution < -0.4 is 0 Å². The lowest BCUT2D eigenvalue weighted by atomic mass is 10.1. The molecule has 2 heterocycles. The molecule has 1 saturated heterocycles. The molecule has 1 atom stereocenters. The number of rotatable bonds is 4. The number of imidazole rings is 1. The van der Waals surface area contributed by atoms with Crippen molar-refractivity contribution in [2.75, 3.05) is 19.6 Å². The Balaban J connectivity index is 2.04. The number of hydrogen-bond donors (Lipinski definition) is 1. The lowest BCUT2D eigenvalue weighted by Crippen LogP contribution is -2.21. The van der Waals surface area contributed by atoms with Crippen LogP contribution >= 0.6 is 12.2 Å². The van der Waals surface area contributed by atoms with Crippen molar-refractivity contribution in [1.29, 1.82) is 0 Å². The zero-order valence-electron chi connectivity index (χ0n) is 10.2. The maximum Gasteiger partial charge on any atom is 0.177 e. The van der Waals surface area contributed by atoms with Crippen LogP contribution in [0.2, 0.25) is 0 Å². The topological polar surface area (TPSA) is 24.0 Å². The maximum atomic E-state index is 5.33. The van der Waals surface area contributed by atoms with Crippen LogP contribution in [0.15, 0.2) is 6.20 Å². The zero-order valence-corrected chi connectivity index (χ0v) is 11.0. The van der Waals surface area contributed by atoms with E-state index in [9.17, 15) is 0 Å². The number of likely N-dealkylation sites (tertiary alicyclic amines) is 1. The van der Waals surface area contributed by atoms with E-state index in [0.717, 1.165) is 23.7 Å². The molecule has 3 nitrogen and oxygen atoms in total. The Kier molecular flexibility index (Phi) is 3.82. The van der Waals surface area contributed by atoms with Crippen LogP contribution in [0.1, 0.15) is 26.0 Å². The van der Waals surface area contributed by atoms with Crippen molar-refractivity contribution in [3.8, 4) is 0 Å². The fourth-order valence-corrected chi connectivity index (χ4v) is 2.78. The first-order valence-electron chi connectivity index (χ1n) is 6.24. The molecule has 0 amide bonds. The molecule has 1 aromatic heterocycles. The highest BCUT2D eigenvalue weighted by Gasteiger charge is 2.22. The zero-order chi connectivity index (χ0) is 11.5. The highest BCUT2D eigenvalue weighted by Crippen LogP contribution is 2.19. The van der Waals surface area contributed by atoms with Crippen LogP contribution in [0.5, 0.6) is 0 Å². The van der Waals surface area contributed by atoms with Crippen LogP contribution in [0.25, 0.3) is 0 Å². The molecule has 0 saturated carbocycles. The Hall–Kier alpha value is -0.610. The highest BCUT2D eigenvalue weighted by molar-refractivity contribution is 7.71. The van der Waals surface area contributed by atoms with E-state index >= 15 is 0 Å². The van der Waals surface area contributed by atoms with Crippen molar-refractivity contribution in [3.63, 3.8) is 0 Å². The number of H-pyrrole nitrogens is 1. The fourth-order valence-electron chi connectivity index (χ4n) is 2.53. The monoisotopic (exact) mass is 239 g/mol. The van der Waals surface area contributed by atoms with E-state index < -0.39 is 0 Å². The van der Waals surface area contributed by atoms with Gasteiger partial charge in [-0.25, -0.2) is 0 Å². The minimum atomic E-state index is 0.771. The summed E-state index contributed by atoms with van der Waals surface area (Å²) in [6.07, 6.45) is 4.41. The van der Waals surface area contributed by atoms with E-state index in [4.69, 9.17) is 12.2 Å². The Morgan fingerprint density at radius 1 is 1.50 bits per heavy atom. The summed E-state index contributed by atoms with van der Waals surface area (Å²) in [4.78, 5) is 5.67. The summed E-state index contributed by atoms with van der Waals surface area (Å²) < 4.78 is 3.16. The molecular weight excluding hydrogens is 218 g/mol. The highest BCUT2D eigenvalue weighted by atomic mass is 32.1. The van der Waals surface area contributed by atoms with Gasteiger partial charge in [0, 0.05) is 25.0 Å². The second-order valence-corrected chi connectivity index (χ2v) is 4.98. The van der Waals surface area contributed by atoms with Gasteiger partial charge in [0.2, 0.25) is 0 Å². The van der Waals surface area contributed by atoms with E-state index in [-0.39, 0.29) is 0 Å². The van der Waals surface area contributed by atoms with Gasteiger partial charge in [-0.2, -0.15) is 0 Å². The molecule has 4 heteroatoms. The minimum Gasteiger partial charge on any atom is -0.337 e. The first-order chi connectivity index (χ1) is 7.74. The molecule has 90 valence electrons. The molecule has 1 unspecified atom stereocenters. The molecule has 1 aromatic rings. The van der Waals surface area contributed by atoms with E-state index in [1.807, 2.05) is 0 Å². The molecule has 2 rings (SSSR count). The molecule has 0 aromatic carbocycles. The molecule has 1 aliphatic rings. The van der Waals surface area contributed by atoms with Gasteiger partial charge in [0.25, 0.3) is 0 Å². The summed E-state index contributed by atoms with van der Waals surface area (Å²) in [6.45, 7) is 9.16. The van der Waals surface area contributed by atoms with Gasteiger partial charge in [0.1, 0.15) is 0 Å². The van der Waals surface area contributed by atoms with Gasteiger partial charge in [-0.05, 0) is 44.1 Å². The summed E-state index contributed by atoms with van der Waals surface area (Å²) in [5, 5.41) is 0. The van der Waals surface area contributed by atoms with Crippen LogP contribution in [0, 0.1) is 10.7 Å². The fraction of sp³-hybridized carbons (Fsp3) is 0.750. The number of aryl methyl sites for hydroxylation is 1. The second kappa shape index (κ2) is 5.15. The third kappa shape index (κ3) is 2.38. The van der Waals surface area contributed by atoms with Crippen molar-refractivity contribution in [2.24, 2.45) is 5.92 Å². The van der Waals surface area contributed by atoms with Crippen molar-refractivity contribution in [1.82, 2.24) is 14.5 Å². The Bertz CT molecular complexity index is 393. The number of nitrogens with one attached hydrogen (secondary N) is 1. The van der Waals surface area contributed by atoms with Gasteiger partial charge in [0.05, 0.1) is 0 Å². The van der Waals surface area contributed by atoms with E-state index in [0.29, 0.717) is 0 Å². The van der Waals surface area contributed by atoms with E-state index in [1.165, 1.54) is 31.7 Å². The molecule has 1 fully saturated rings. The standard InChI is InChI=1S/C12H21N3S/c1-3-11-7-13-12(16)15(11)9-10-5-6-14(4-2)8-10/h7,10H,3-6,8-9H2,1-2H3,(H,13,16). The van der Waals surface area contributed by atoms with Crippen molar-refractivity contribution >= 4 is 12.2 Å². The minimum absolute atomic E-state index is 0.771. The van der Waals surface area contributed by atoms with Crippen molar-refractivity contribution < 1.29 is 0 Å². The van der Waals surface area contributed by atoms with Gasteiger partial charge in [-0.15, -0.1) is 0 Å². The summed E-state index contributed by atoms with van der Waals surface area (Å²) in [7, 11) is 0. The quantitative estimate of drug-likeness (QED) is 0.816. The number of aromatic nitrogens is 2. The molecule has 0 aliphatic carbocycles. The first kappa shape index (κ1) is 11.9. The summed E-state index contributed by atoms with van der Waals surface area (Å²) >= 11 is 5.33. The number of nitrogens with zero attached hydrogens (tertiary/aromatic N) is 2. The first-order valence-corrected chi connectivity index (χ1v) is 6.64. The average Bonchev–Trinajstić information content (AvgIpc) is 2.88. The third-order valence-corrected chi connectivity index (χ3v) is 3.91. The number of aromatic amines is 1. The van der Waals surface area contributed by atoms with Gasteiger partial charge in [-0.1, -0.05) is 13.8 Å². The van der Waals surface area contributed by atoms with E-state index in [2.05, 4.69) is 34.5 Å². The SMILES string of the molecule is CCc1c[nH]c(=S)n1CC1CCN(CC)C1. The van der Waals surface area contributed by atoms with Crippen LogP contribution in [-0.2, 0) is 13.0 Å². The predicted octanol–water partition coefficient (Wildman–Crippen LogP) is 2.45. The average molecular weight is 239 g/mol. The molecule has 0 radical (unpaired) electrons. The lowest BCUT2D eigenvalue weighted by molar-refractivity contribution is 0.331. The van der Waals surface area contributed by atoms with Gasteiger partial charge in [-0.3, -0.25) is 0 Å². The lowest BCUT2D eigenvalue weighted by Gasteiger charge is -2.14. The Labute approximate surface area is 102 Å². The number of hydrogen-bond acceptors (Lipinski definition) is 2. The molecule has 0 spiro atoms. The maximum absolute atomic E-state index is 5.33. The third-order valence-electron chi connectivity index (χ3n) is 3.57. The van der Waals surface area contributed by atoms with Crippen LogP contribution in [-0.4, -0.2) is 34.1 Å². The molecule has 16 heavy (non-hydrogen) atoms. The van der Waals surface area contributed by atoms with Crippen LogP contribution in [0.3, 0.4) is 0 Å². The van der Waals surface area contributed by atoms with Crippen LogP contribution in [0.4, 0.5) is 0 Å². The summed E-state index contributed by atoms with van der Waals surface area (Å²) in [6, 6.07) is 0. The molecular formula is C12H21N3S. The van der Waals surface area contributed by atoms with Crippen molar-refractivity contribution in [2.45, 2.75) is 33.2 Å². The smallest absolute Gasteiger partial charge is 0.177 e. The Morgan fingerprint density at radius 2 is 2.31 bits per heavy atom. The molecule has 1 aliphatic heterocycles. The van der Waals surface area contributed by atoms with Gasteiger partial charge < -0.3 is 14.5 Å². The van der Waals surface area contributed by atoms with E-state index in [1.54, 1.807) is 0 Å². The summed E-state index contributed by atoms with van der Waals surface area (Å²) in [5.41, 5.74) is 1.33. The van der Waals surface area contributed by atoms with Gasteiger partial charge in [0.15, 0.2) is 4.77 Å². The largest absolute Gasteiger partial charge is 0.337 e. The Morgan fingerprint density at radius 3 is 2.94 bits per heavy atom. The molecule has 1 N–H and O–H groups in total. The summed E-state index contributed by atoms with van der Waals surface area (Å²) in [5.74, 6) is 0.771. The molecule has 0 bridgehead atoms. The van der Waals surface area contributed by atoms with Gasteiger partial charge >= 0.3 is 0 Å². The normalized spacial score (nSPS) is 21.8. The predicted molar refractivity (Wildman–Crippen MR) is 69.2 cm³/mol. The second-order valence-electron chi connectivity index (χ2n) is 4.60.